The Hall–Kier alpha value is -1.53. The van der Waals surface area contributed by atoms with Crippen LogP contribution in [0.25, 0.3) is 10.2 Å². The number of ether oxygens (including phenoxy) is 1. The summed E-state index contributed by atoms with van der Waals surface area (Å²) in [5.41, 5.74) is 2.81. The molecule has 0 aliphatic heterocycles. The van der Waals surface area contributed by atoms with Crippen molar-refractivity contribution < 1.29 is 4.74 Å². The van der Waals surface area contributed by atoms with Gasteiger partial charge in [0.05, 0.1) is 15.7 Å². The van der Waals surface area contributed by atoms with Crippen LogP contribution in [0.5, 0.6) is 5.75 Å². The summed E-state index contributed by atoms with van der Waals surface area (Å²) in [6, 6.07) is 5.75. The van der Waals surface area contributed by atoms with Gasteiger partial charge in [-0.05, 0) is 18.2 Å². The van der Waals surface area contributed by atoms with Crippen LogP contribution < -0.4 is 4.74 Å². The number of hydrogen-bond acceptors (Lipinski definition) is 3. The average Bonchev–Trinajstić information content (AvgIpc) is 2.61. The van der Waals surface area contributed by atoms with E-state index in [1.807, 2.05) is 23.7 Å². The Morgan fingerprint density at radius 1 is 1.54 bits per heavy atom. The molecule has 1 aromatic heterocycles. The average molecular weight is 189 g/mol. The molecule has 0 aliphatic carbocycles. The van der Waals surface area contributed by atoms with Crippen LogP contribution >= 0.6 is 11.3 Å². The Bertz CT molecular complexity index is 455. The van der Waals surface area contributed by atoms with Gasteiger partial charge in [-0.2, -0.15) is 0 Å². The zero-order valence-electron chi connectivity index (χ0n) is 6.86. The number of aromatic nitrogens is 1. The molecule has 0 fully saturated rings. The lowest BCUT2D eigenvalue weighted by Gasteiger charge is -2.00. The van der Waals surface area contributed by atoms with E-state index >= 15 is 0 Å². The zero-order chi connectivity index (χ0) is 9.10. The monoisotopic (exact) mass is 189 g/mol. The molecule has 0 N–H and O–H groups in total. The summed E-state index contributed by atoms with van der Waals surface area (Å²) in [6.07, 6.45) is 5.08. The Kier molecular flexibility index (Phi) is 2.15. The van der Waals surface area contributed by atoms with Gasteiger partial charge in [0.2, 0.25) is 0 Å². The molecule has 0 saturated carbocycles. The molecule has 0 spiro atoms. The van der Waals surface area contributed by atoms with Gasteiger partial charge in [0.15, 0.2) is 0 Å². The summed E-state index contributed by atoms with van der Waals surface area (Å²) in [5.74, 6) is 3.22. The molecule has 2 rings (SSSR count). The van der Waals surface area contributed by atoms with E-state index in [9.17, 15) is 0 Å². The highest BCUT2D eigenvalue weighted by Crippen LogP contribution is 2.22. The summed E-state index contributed by atoms with van der Waals surface area (Å²) >= 11 is 1.59. The molecular weight excluding hydrogens is 182 g/mol. The number of rotatable bonds is 2. The number of thiazole rings is 1. The quantitative estimate of drug-likeness (QED) is 0.676. The summed E-state index contributed by atoms with van der Waals surface area (Å²) in [7, 11) is 0. The Morgan fingerprint density at radius 2 is 2.46 bits per heavy atom. The Balaban J connectivity index is 2.33. The van der Waals surface area contributed by atoms with Gasteiger partial charge in [-0.1, -0.05) is 5.92 Å². The number of benzene rings is 1. The highest BCUT2D eigenvalue weighted by molar-refractivity contribution is 7.16. The van der Waals surface area contributed by atoms with Crippen molar-refractivity contribution in [2.24, 2.45) is 0 Å². The third-order valence-corrected chi connectivity index (χ3v) is 2.42. The minimum Gasteiger partial charge on any atom is -0.481 e. The van der Waals surface area contributed by atoms with Gasteiger partial charge >= 0.3 is 0 Å². The molecule has 0 atom stereocenters. The SMILES string of the molecule is C#CCOc1ccc2ncsc2c1. The van der Waals surface area contributed by atoms with E-state index in [0.29, 0.717) is 6.61 Å². The van der Waals surface area contributed by atoms with E-state index in [-0.39, 0.29) is 0 Å². The molecule has 13 heavy (non-hydrogen) atoms. The molecular formula is C10H7NOS. The van der Waals surface area contributed by atoms with E-state index in [4.69, 9.17) is 11.2 Å². The lowest BCUT2D eigenvalue weighted by molar-refractivity contribution is 0.371. The lowest BCUT2D eigenvalue weighted by atomic mass is 10.3. The normalized spacial score (nSPS) is 9.77. The van der Waals surface area contributed by atoms with E-state index in [1.54, 1.807) is 11.3 Å². The van der Waals surface area contributed by atoms with Gasteiger partial charge in [0.1, 0.15) is 12.4 Å². The first-order valence-corrected chi connectivity index (χ1v) is 4.67. The van der Waals surface area contributed by atoms with Gasteiger partial charge in [-0.3, -0.25) is 0 Å². The Morgan fingerprint density at radius 3 is 3.31 bits per heavy atom. The fourth-order valence-corrected chi connectivity index (χ4v) is 1.76. The largest absolute Gasteiger partial charge is 0.481 e. The van der Waals surface area contributed by atoms with Gasteiger partial charge in [0.25, 0.3) is 0 Å². The summed E-state index contributed by atoms with van der Waals surface area (Å²) < 4.78 is 6.40. The molecule has 0 radical (unpaired) electrons. The number of fused-ring (bicyclic) bond motifs is 1. The first-order valence-electron chi connectivity index (χ1n) is 3.79. The maximum absolute atomic E-state index is 5.28. The molecule has 0 amide bonds. The number of nitrogens with zero attached hydrogens (tertiary/aromatic N) is 1. The first-order chi connectivity index (χ1) is 6.40. The van der Waals surface area contributed by atoms with Crippen LogP contribution in [-0.4, -0.2) is 11.6 Å². The molecule has 1 heterocycles. The predicted octanol–water partition coefficient (Wildman–Crippen LogP) is 2.31. The van der Waals surface area contributed by atoms with Crippen molar-refractivity contribution in [2.75, 3.05) is 6.61 Å². The molecule has 1 aromatic carbocycles. The topological polar surface area (TPSA) is 22.1 Å². The minimum absolute atomic E-state index is 0.310. The second kappa shape index (κ2) is 3.46. The Labute approximate surface area is 80.2 Å². The molecule has 2 nitrogen and oxygen atoms in total. The van der Waals surface area contributed by atoms with Gasteiger partial charge in [-0.15, -0.1) is 17.8 Å². The van der Waals surface area contributed by atoms with Crippen LogP contribution in [0.1, 0.15) is 0 Å². The fourth-order valence-electron chi connectivity index (χ4n) is 1.05. The summed E-state index contributed by atoms with van der Waals surface area (Å²) in [6.45, 7) is 0.310. The summed E-state index contributed by atoms with van der Waals surface area (Å²) in [4.78, 5) is 4.16. The fraction of sp³-hybridized carbons (Fsp3) is 0.100. The minimum atomic E-state index is 0.310. The van der Waals surface area contributed by atoms with Crippen molar-refractivity contribution in [3.8, 4) is 18.1 Å². The highest BCUT2D eigenvalue weighted by Gasteiger charge is 1.98. The first kappa shape index (κ1) is 8.09. The van der Waals surface area contributed by atoms with Crippen LogP contribution in [0.15, 0.2) is 23.7 Å². The van der Waals surface area contributed by atoms with Crippen molar-refractivity contribution in [2.45, 2.75) is 0 Å². The molecule has 0 saturated heterocycles. The van der Waals surface area contributed by atoms with Crippen LogP contribution in [0, 0.1) is 12.3 Å². The maximum Gasteiger partial charge on any atom is 0.148 e. The van der Waals surface area contributed by atoms with Gasteiger partial charge < -0.3 is 4.74 Å². The third-order valence-electron chi connectivity index (χ3n) is 1.62. The van der Waals surface area contributed by atoms with E-state index in [2.05, 4.69) is 10.9 Å². The maximum atomic E-state index is 5.28. The molecule has 64 valence electrons. The number of terminal acetylenes is 1. The second-order valence-corrected chi connectivity index (χ2v) is 3.36. The summed E-state index contributed by atoms with van der Waals surface area (Å²) in [5, 5.41) is 0. The van der Waals surface area contributed by atoms with Crippen LogP contribution in [0.4, 0.5) is 0 Å². The van der Waals surface area contributed by atoms with Crippen molar-refractivity contribution in [1.29, 1.82) is 0 Å². The smallest absolute Gasteiger partial charge is 0.148 e. The zero-order valence-corrected chi connectivity index (χ0v) is 7.67. The molecule has 0 unspecified atom stereocenters. The van der Waals surface area contributed by atoms with E-state index < -0.39 is 0 Å². The van der Waals surface area contributed by atoms with E-state index in [1.165, 1.54) is 0 Å². The van der Waals surface area contributed by atoms with Crippen LogP contribution in [0.3, 0.4) is 0 Å². The van der Waals surface area contributed by atoms with Gasteiger partial charge in [0, 0.05) is 0 Å². The van der Waals surface area contributed by atoms with Crippen molar-refractivity contribution in [3.63, 3.8) is 0 Å². The lowest BCUT2D eigenvalue weighted by Crippen LogP contribution is -1.92. The molecule has 2 aromatic rings. The highest BCUT2D eigenvalue weighted by atomic mass is 32.1. The van der Waals surface area contributed by atoms with Crippen LogP contribution in [-0.2, 0) is 0 Å². The van der Waals surface area contributed by atoms with Crippen molar-refractivity contribution >= 4 is 21.6 Å². The molecule has 0 bridgehead atoms. The second-order valence-electron chi connectivity index (χ2n) is 2.47. The van der Waals surface area contributed by atoms with E-state index in [0.717, 1.165) is 16.0 Å². The molecule has 3 heteroatoms. The van der Waals surface area contributed by atoms with Crippen molar-refractivity contribution in [1.82, 2.24) is 4.98 Å². The third kappa shape index (κ3) is 1.63. The number of hydrogen-bond donors (Lipinski definition) is 0. The standard InChI is InChI=1S/C10H7NOS/c1-2-5-12-8-3-4-9-10(6-8)13-7-11-9/h1,3-4,6-7H,5H2. The van der Waals surface area contributed by atoms with Gasteiger partial charge in [-0.25, -0.2) is 4.98 Å². The van der Waals surface area contributed by atoms with Crippen molar-refractivity contribution in [3.05, 3.63) is 23.7 Å². The van der Waals surface area contributed by atoms with Crippen LogP contribution in [0.2, 0.25) is 0 Å². The predicted molar refractivity (Wildman–Crippen MR) is 53.9 cm³/mol. The molecule has 0 aliphatic rings.